The molecular weight excluding hydrogens is 443 g/mol. The fourth-order valence-electron chi connectivity index (χ4n) is 2.83. The molecule has 3 N–H and O–H groups in total. The van der Waals surface area contributed by atoms with E-state index in [0.29, 0.717) is 17.7 Å². The smallest absolute Gasteiger partial charge is 0.171 e. The summed E-state index contributed by atoms with van der Waals surface area (Å²) in [6, 6.07) is 3.73. The van der Waals surface area contributed by atoms with Gasteiger partial charge >= 0.3 is 0 Å². The molecule has 0 saturated carbocycles. The Morgan fingerprint density at radius 3 is 2.58 bits per heavy atom. The van der Waals surface area contributed by atoms with Gasteiger partial charge in [-0.15, -0.1) is 0 Å². The number of rotatable bonds is 10. The van der Waals surface area contributed by atoms with E-state index in [9.17, 15) is 10.2 Å². The molecular formula is C21H29IO4. The summed E-state index contributed by atoms with van der Waals surface area (Å²) in [5.41, 5.74) is 3.66. The molecule has 0 amide bonds. The minimum absolute atomic E-state index is 0.108. The summed E-state index contributed by atoms with van der Waals surface area (Å²) in [5.74, 6) is 0.604. The van der Waals surface area contributed by atoms with Crippen LogP contribution in [0, 0.1) is 3.57 Å². The molecule has 0 spiro atoms. The van der Waals surface area contributed by atoms with Crippen molar-refractivity contribution in [2.45, 2.75) is 45.6 Å². The summed E-state index contributed by atoms with van der Waals surface area (Å²) in [6.07, 6.45) is 6.31. The van der Waals surface area contributed by atoms with Gasteiger partial charge in [0, 0.05) is 0 Å². The highest BCUT2D eigenvalue weighted by atomic mass is 127. The van der Waals surface area contributed by atoms with Crippen LogP contribution in [-0.2, 0) is 0 Å². The molecule has 144 valence electrons. The molecule has 1 aromatic carbocycles. The predicted octanol–water partition coefficient (Wildman–Crippen LogP) is 4.82. The number of aliphatic hydroxyl groups excluding tert-OH is 2. The fraction of sp³-hybridized carbons (Fsp3) is 0.429. The number of allylic oxidation sites excluding steroid dienone is 1. The van der Waals surface area contributed by atoms with E-state index in [1.165, 1.54) is 12.7 Å². The molecule has 0 radical (unpaired) electrons. The van der Waals surface area contributed by atoms with Crippen molar-refractivity contribution in [2.75, 3.05) is 13.7 Å². The quantitative estimate of drug-likeness (QED) is 0.337. The highest BCUT2D eigenvalue weighted by Crippen LogP contribution is 2.33. The number of halogens is 1. The Morgan fingerprint density at radius 2 is 2.04 bits per heavy atom. The lowest BCUT2D eigenvalue weighted by atomic mass is 9.94. The molecule has 0 fully saturated rings. The van der Waals surface area contributed by atoms with Crippen molar-refractivity contribution in [1.82, 2.24) is 0 Å². The number of ether oxygens (including phenoxy) is 1. The van der Waals surface area contributed by atoms with Crippen LogP contribution >= 0.6 is 22.6 Å². The Hall–Kier alpha value is -1.31. The van der Waals surface area contributed by atoms with Gasteiger partial charge in [0.2, 0.25) is 0 Å². The standard InChI is InChI=1S/C21H29IO4/c1-5-6-15(7-8-19(24)17(9-10-23)14(2)3)11-16-12-18(22)21(25)20(13-16)26-4/h9,11-13,19,23-25H,2,5-8,10H2,1,3-4H3/b15-11+,17-9-. The van der Waals surface area contributed by atoms with Gasteiger partial charge in [-0.25, -0.2) is 0 Å². The summed E-state index contributed by atoms with van der Waals surface area (Å²) < 4.78 is 5.96. The van der Waals surface area contributed by atoms with Gasteiger partial charge in [-0.1, -0.05) is 43.2 Å². The van der Waals surface area contributed by atoms with E-state index in [0.717, 1.165) is 34.0 Å². The minimum Gasteiger partial charge on any atom is -0.504 e. The molecule has 0 aliphatic rings. The molecule has 1 atom stereocenters. The van der Waals surface area contributed by atoms with Gasteiger partial charge < -0.3 is 20.1 Å². The predicted molar refractivity (Wildman–Crippen MR) is 115 cm³/mol. The number of aromatic hydroxyl groups is 1. The fourth-order valence-corrected chi connectivity index (χ4v) is 3.45. The Balaban J connectivity index is 2.99. The van der Waals surface area contributed by atoms with E-state index in [1.54, 1.807) is 6.08 Å². The molecule has 0 aliphatic heterocycles. The van der Waals surface area contributed by atoms with E-state index in [4.69, 9.17) is 9.84 Å². The largest absolute Gasteiger partial charge is 0.504 e. The Kier molecular flexibility index (Phi) is 9.98. The first-order valence-electron chi connectivity index (χ1n) is 8.74. The first-order chi connectivity index (χ1) is 12.3. The van der Waals surface area contributed by atoms with Crippen LogP contribution in [0.25, 0.3) is 6.08 Å². The Labute approximate surface area is 170 Å². The lowest BCUT2D eigenvalue weighted by molar-refractivity contribution is 0.201. The zero-order valence-electron chi connectivity index (χ0n) is 15.8. The van der Waals surface area contributed by atoms with Gasteiger partial charge in [-0.3, -0.25) is 0 Å². The highest BCUT2D eigenvalue weighted by molar-refractivity contribution is 14.1. The molecule has 0 bridgehead atoms. The monoisotopic (exact) mass is 472 g/mol. The SMILES string of the molecule is C=C(C)/C(=C/CO)C(O)CC/C(=C/c1cc(I)c(O)c(OC)c1)CCC. The summed E-state index contributed by atoms with van der Waals surface area (Å²) in [5, 5.41) is 29.5. The van der Waals surface area contributed by atoms with Crippen molar-refractivity contribution in [3.63, 3.8) is 0 Å². The molecule has 1 unspecified atom stereocenters. The number of phenolic OH excluding ortho intramolecular Hbond substituents is 1. The third-order valence-electron chi connectivity index (χ3n) is 4.11. The number of phenols is 1. The second-order valence-electron chi connectivity index (χ2n) is 6.28. The number of hydrogen-bond acceptors (Lipinski definition) is 4. The van der Waals surface area contributed by atoms with Crippen LogP contribution in [0.4, 0.5) is 0 Å². The van der Waals surface area contributed by atoms with E-state index >= 15 is 0 Å². The van der Waals surface area contributed by atoms with Gasteiger partial charge in [0.15, 0.2) is 11.5 Å². The van der Waals surface area contributed by atoms with Crippen LogP contribution in [0.1, 0.15) is 45.1 Å². The van der Waals surface area contributed by atoms with Crippen LogP contribution in [0.3, 0.4) is 0 Å². The van der Waals surface area contributed by atoms with Gasteiger partial charge in [0.05, 0.1) is 23.4 Å². The third-order valence-corrected chi connectivity index (χ3v) is 4.94. The molecule has 0 heterocycles. The molecule has 4 nitrogen and oxygen atoms in total. The average Bonchev–Trinajstić information content (AvgIpc) is 2.60. The summed E-state index contributed by atoms with van der Waals surface area (Å²) in [4.78, 5) is 0. The summed E-state index contributed by atoms with van der Waals surface area (Å²) >= 11 is 2.08. The third kappa shape index (κ3) is 6.78. The van der Waals surface area contributed by atoms with Crippen molar-refractivity contribution in [2.24, 2.45) is 0 Å². The number of benzene rings is 1. The Bertz CT molecular complexity index is 677. The van der Waals surface area contributed by atoms with Gasteiger partial charge in [-0.05, 0) is 72.0 Å². The topological polar surface area (TPSA) is 69.9 Å². The van der Waals surface area contributed by atoms with Crippen molar-refractivity contribution in [3.8, 4) is 11.5 Å². The van der Waals surface area contributed by atoms with Crippen LogP contribution in [0.5, 0.6) is 11.5 Å². The van der Waals surface area contributed by atoms with Crippen molar-refractivity contribution >= 4 is 28.7 Å². The van der Waals surface area contributed by atoms with Crippen molar-refractivity contribution in [1.29, 1.82) is 0 Å². The summed E-state index contributed by atoms with van der Waals surface area (Å²) in [6.45, 7) is 7.72. The van der Waals surface area contributed by atoms with Gasteiger partial charge in [0.25, 0.3) is 0 Å². The van der Waals surface area contributed by atoms with Crippen LogP contribution in [0.2, 0.25) is 0 Å². The average molecular weight is 472 g/mol. The van der Waals surface area contributed by atoms with Crippen LogP contribution < -0.4 is 4.74 Å². The lowest BCUT2D eigenvalue weighted by Crippen LogP contribution is -2.12. The highest BCUT2D eigenvalue weighted by Gasteiger charge is 2.13. The molecule has 0 aromatic heterocycles. The summed E-state index contributed by atoms with van der Waals surface area (Å²) in [7, 11) is 1.54. The van der Waals surface area contributed by atoms with Crippen LogP contribution in [-0.4, -0.2) is 35.1 Å². The molecule has 26 heavy (non-hydrogen) atoms. The van der Waals surface area contributed by atoms with E-state index < -0.39 is 6.10 Å². The zero-order valence-corrected chi connectivity index (χ0v) is 17.9. The van der Waals surface area contributed by atoms with Gasteiger partial charge in [-0.2, -0.15) is 0 Å². The van der Waals surface area contributed by atoms with Crippen molar-refractivity contribution < 1.29 is 20.1 Å². The first kappa shape index (κ1) is 22.7. The molecule has 0 aliphatic carbocycles. The molecule has 5 heteroatoms. The normalized spacial score (nSPS) is 13.6. The molecule has 0 saturated heterocycles. The number of aliphatic hydroxyl groups is 2. The first-order valence-corrected chi connectivity index (χ1v) is 9.82. The molecule has 1 aromatic rings. The second kappa shape index (κ2) is 11.4. The van der Waals surface area contributed by atoms with E-state index in [2.05, 4.69) is 42.2 Å². The van der Waals surface area contributed by atoms with E-state index in [1.807, 2.05) is 19.1 Å². The second-order valence-corrected chi connectivity index (χ2v) is 7.45. The maximum atomic E-state index is 10.4. The van der Waals surface area contributed by atoms with E-state index in [-0.39, 0.29) is 12.4 Å². The zero-order chi connectivity index (χ0) is 19.7. The molecule has 1 rings (SSSR count). The number of methoxy groups -OCH3 is 1. The van der Waals surface area contributed by atoms with Crippen LogP contribution in [0.15, 0.2) is 41.5 Å². The maximum Gasteiger partial charge on any atom is 0.171 e. The Morgan fingerprint density at radius 1 is 1.35 bits per heavy atom. The minimum atomic E-state index is -0.644. The maximum absolute atomic E-state index is 10.4. The number of hydrogen-bond donors (Lipinski definition) is 3. The van der Waals surface area contributed by atoms with Gasteiger partial charge in [0.1, 0.15) is 0 Å². The van der Waals surface area contributed by atoms with Crippen molar-refractivity contribution in [3.05, 3.63) is 50.6 Å². The lowest BCUT2D eigenvalue weighted by Gasteiger charge is -2.16.